The number of para-hydroxylation sites is 2. The van der Waals surface area contributed by atoms with E-state index >= 15 is 0 Å². The lowest BCUT2D eigenvalue weighted by Gasteiger charge is -2.33. The van der Waals surface area contributed by atoms with Crippen molar-refractivity contribution in [3.8, 4) is 0 Å². The van der Waals surface area contributed by atoms with Gasteiger partial charge < -0.3 is 10.2 Å². The first-order chi connectivity index (χ1) is 11.7. The summed E-state index contributed by atoms with van der Waals surface area (Å²) in [7, 11) is 0. The molecule has 1 fully saturated rings. The van der Waals surface area contributed by atoms with Gasteiger partial charge in [-0.25, -0.2) is 0 Å². The summed E-state index contributed by atoms with van der Waals surface area (Å²) in [6.45, 7) is 4.40. The SMILES string of the molecule is CC1CCN(c2ccccc2NC(=O)C=Cc2ccccc2)CC1. The van der Waals surface area contributed by atoms with Crippen LogP contribution >= 0.6 is 0 Å². The molecule has 0 radical (unpaired) electrons. The average Bonchev–Trinajstić information content (AvgIpc) is 2.62. The molecular formula is C21H24N2O. The molecule has 0 unspecified atom stereocenters. The first-order valence-corrected chi connectivity index (χ1v) is 8.60. The molecule has 24 heavy (non-hydrogen) atoms. The van der Waals surface area contributed by atoms with E-state index in [-0.39, 0.29) is 5.91 Å². The number of benzene rings is 2. The highest BCUT2D eigenvalue weighted by atomic mass is 16.1. The van der Waals surface area contributed by atoms with Crippen molar-refractivity contribution in [1.29, 1.82) is 0 Å². The second-order valence-electron chi connectivity index (χ2n) is 6.42. The van der Waals surface area contributed by atoms with Crippen LogP contribution in [0.15, 0.2) is 60.7 Å². The Bertz CT molecular complexity index is 701. The van der Waals surface area contributed by atoms with Gasteiger partial charge in [-0.15, -0.1) is 0 Å². The first-order valence-electron chi connectivity index (χ1n) is 8.60. The van der Waals surface area contributed by atoms with Gasteiger partial charge in [0.25, 0.3) is 0 Å². The average molecular weight is 320 g/mol. The highest BCUT2D eigenvalue weighted by Gasteiger charge is 2.18. The number of carbonyl (C=O) groups is 1. The van der Waals surface area contributed by atoms with Crippen LogP contribution in [0.1, 0.15) is 25.3 Å². The van der Waals surface area contributed by atoms with Gasteiger partial charge in [0.1, 0.15) is 0 Å². The maximum atomic E-state index is 12.3. The zero-order valence-corrected chi connectivity index (χ0v) is 14.1. The van der Waals surface area contributed by atoms with E-state index in [1.807, 2.05) is 54.6 Å². The van der Waals surface area contributed by atoms with Crippen LogP contribution in [0.25, 0.3) is 6.08 Å². The summed E-state index contributed by atoms with van der Waals surface area (Å²) in [5, 5.41) is 3.02. The normalized spacial score (nSPS) is 15.6. The van der Waals surface area contributed by atoms with Crippen molar-refractivity contribution in [2.24, 2.45) is 5.92 Å². The van der Waals surface area contributed by atoms with Crippen LogP contribution in [0.5, 0.6) is 0 Å². The molecule has 1 N–H and O–H groups in total. The third-order valence-electron chi connectivity index (χ3n) is 4.51. The molecular weight excluding hydrogens is 296 g/mol. The smallest absolute Gasteiger partial charge is 0.248 e. The predicted octanol–water partition coefficient (Wildman–Crippen LogP) is 4.57. The number of nitrogens with zero attached hydrogens (tertiary/aromatic N) is 1. The highest BCUT2D eigenvalue weighted by Crippen LogP contribution is 2.29. The molecule has 0 atom stereocenters. The number of piperidine rings is 1. The second-order valence-corrected chi connectivity index (χ2v) is 6.42. The highest BCUT2D eigenvalue weighted by molar-refractivity contribution is 6.03. The van der Waals surface area contributed by atoms with Crippen LogP contribution in [-0.4, -0.2) is 19.0 Å². The van der Waals surface area contributed by atoms with E-state index in [0.29, 0.717) is 0 Å². The van der Waals surface area contributed by atoms with Crippen LogP contribution in [0.4, 0.5) is 11.4 Å². The van der Waals surface area contributed by atoms with Gasteiger partial charge in [-0.05, 0) is 42.5 Å². The van der Waals surface area contributed by atoms with Crippen molar-refractivity contribution in [2.75, 3.05) is 23.3 Å². The standard InChI is InChI=1S/C21H24N2O/c1-17-13-15-23(16-14-17)20-10-6-5-9-19(20)22-21(24)12-11-18-7-3-2-4-8-18/h2-12,17H,13-16H2,1H3,(H,22,24). The summed E-state index contributed by atoms with van der Waals surface area (Å²) in [5.41, 5.74) is 3.02. The molecule has 1 aliphatic rings. The molecule has 1 amide bonds. The van der Waals surface area contributed by atoms with Crippen molar-refractivity contribution < 1.29 is 4.79 Å². The fourth-order valence-corrected chi connectivity index (χ4v) is 3.02. The number of hydrogen-bond donors (Lipinski definition) is 1. The Hall–Kier alpha value is -2.55. The second kappa shape index (κ2) is 7.82. The van der Waals surface area contributed by atoms with Gasteiger partial charge in [-0.1, -0.05) is 49.4 Å². The lowest BCUT2D eigenvalue weighted by molar-refractivity contribution is -0.111. The molecule has 124 valence electrons. The van der Waals surface area contributed by atoms with Gasteiger partial charge in [0.2, 0.25) is 5.91 Å². The van der Waals surface area contributed by atoms with Crippen LogP contribution in [0.2, 0.25) is 0 Å². The molecule has 0 aliphatic carbocycles. The predicted molar refractivity (Wildman–Crippen MR) is 101 cm³/mol. The number of carbonyl (C=O) groups excluding carboxylic acids is 1. The Balaban J connectivity index is 1.69. The molecule has 3 rings (SSSR count). The maximum absolute atomic E-state index is 12.3. The van der Waals surface area contributed by atoms with Gasteiger partial charge in [0.15, 0.2) is 0 Å². The minimum Gasteiger partial charge on any atom is -0.370 e. The lowest BCUT2D eigenvalue weighted by atomic mass is 9.98. The molecule has 2 aromatic rings. The van der Waals surface area contributed by atoms with E-state index in [1.165, 1.54) is 12.8 Å². The summed E-state index contributed by atoms with van der Waals surface area (Å²) in [6.07, 6.45) is 5.83. The third-order valence-corrected chi connectivity index (χ3v) is 4.51. The first kappa shape index (κ1) is 16.3. The molecule has 0 aromatic heterocycles. The molecule has 1 saturated heterocycles. The summed E-state index contributed by atoms with van der Waals surface area (Å²) >= 11 is 0. The number of hydrogen-bond acceptors (Lipinski definition) is 2. The lowest BCUT2D eigenvalue weighted by Crippen LogP contribution is -2.33. The molecule has 3 heteroatoms. The summed E-state index contributed by atoms with van der Waals surface area (Å²) in [4.78, 5) is 14.6. The van der Waals surface area contributed by atoms with Crippen molar-refractivity contribution >= 4 is 23.4 Å². The van der Waals surface area contributed by atoms with E-state index in [1.54, 1.807) is 6.08 Å². The summed E-state index contributed by atoms with van der Waals surface area (Å²) in [6, 6.07) is 17.9. The number of amides is 1. The van der Waals surface area contributed by atoms with Gasteiger partial charge in [0, 0.05) is 19.2 Å². The quantitative estimate of drug-likeness (QED) is 0.837. The number of nitrogens with one attached hydrogen (secondary N) is 1. The number of rotatable bonds is 4. The van der Waals surface area contributed by atoms with Gasteiger partial charge >= 0.3 is 0 Å². The topological polar surface area (TPSA) is 32.3 Å². The van der Waals surface area contributed by atoms with Crippen LogP contribution < -0.4 is 10.2 Å². The Morgan fingerprint density at radius 3 is 2.46 bits per heavy atom. The third kappa shape index (κ3) is 4.25. The Labute approximate surface area is 144 Å². The molecule has 1 heterocycles. The van der Waals surface area contributed by atoms with Gasteiger partial charge in [-0.3, -0.25) is 4.79 Å². The summed E-state index contributed by atoms with van der Waals surface area (Å²) in [5.74, 6) is 0.688. The van der Waals surface area contributed by atoms with Crippen LogP contribution in [-0.2, 0) is 4.79 Å². The van der Waals surface area contributed by atoms with Crippen molar-refractivity contribution in [1.82, 2.24) is 0 Å². The molecule has 3 nitrogen and oxygen atoms in total. The molecule has 0 saturated carbocycles. The van der Waals surface area contributed by atoms with Crippen LogP contribution in [0, 0.1) is 5.92 Å². The zero-order chi connectivity index (χ0) is 16.8. The van der Waals surface area contributed by atoms with Gasteiger partial charge in [0.05, 0.1) is 11.4 Å². The zero-order valence-electron chi connectivity index (χ0n) is 14.1. The van der Waals surface area contributed by atoms with E-state index in [4.69, 9.17) is 0 Å². The minimum absolute atomic E-state index is 0.100. The van der Waals surface area contributed by atoms with Crippen molar-refractivity contribution in [3.63, 3.8) is 0 Å². The maximum Gasteiger partial charge on any atom is 0.248 e. The van der Waals surface area contributed by atoms with Crippen LogP contribution in [0.3, 0.4) is 0 Å². The fraction of sp³-hybridized carbons (Fsp3) is 0.286. The summed E-state index contributed by atoms with van der Waals surface area (Å²) < 4.78 is 0. The fourth-order valence-electron chi connectivity index (χ4n) is 3.02. The van der Waals surface area contributed by atoms with E-state index in [9.17, 15) is 4.79 Å². The monoisotopic (exact) mass is 320 g/mol. The van der Waals surface area contributed by atoms with E-state index in [2.05, 4.69) is 23.2 Å². The van der Waals surface area contributed by atoms with E-state index < -0.39 is 0 Å². The van der Waals surface area contributed by atoms with Crippen molar-refractivity contribution in [3.05, 3.63) is 66.2 Å². The Kier molecular flexibility index (Phi) is 5.32. The largest absolute Gasteiger partial charge is 0.370 e. The van der Waals surface area contributed by atoms with E-state index in [0.717, 1.165) is 35.9 Å². The molecule has 0 bridgehead atoms. The molecule has 1 aliphatic heterocycles. The molecule has 0 spiro atoms. The van der Waals surface area contributed by atoms with Crippen molar-refractivity contribution in [2.45, 2.75) is 19.8 Å². The Morgan fingerprint density at radius 1 is 1.04 bits per heavy atom. The minimum atomic E-state index is -0.100. The van der Waals surface area contributed by atoms with Gasteiger partial charge in [-0.2, -0.15) is 0 Å². The number of anilines is 2. The Morgan fingerprint density at radius 2 is 1.71 bits per heavy atom. The molecule has 2 aromatic carbocycles.